The van der Waals surface area contributed by atoms with E-state index >= 15 is 0 Å². The Bertz CT molecular complexity index is 513. The van der Waals surface area contributed by atoms with E-state index in [1.54, 1.807) is 12.3 Å². The number of benzene rings is 1. The number of anilines is 2. The van der Waals surface area contributed by atoms with Gasteiger partial charge in [-0.1, -0.05) is 0 Å². The predicted molar refractivity (Wildman–Crippen MR) is 73.8 cm³/mol. The van der Waals surface area contributed by atoms with Gasteiger partial charge in [0.15, 0.2) is 0 Å². The maximum Gasteiger partial charge on any atom is 0.139 e. The molecule has 4 nitrogen and oxygen atoms in total. The third-order valence-electron chi connectivity index (χ3n) is 2.53. The van der Waals surface area contributed by atoms with Crippen molar-refractivity contribution in [2.45, 2.75) is 13.0 Å². The van der Waals surface area contributed by atoms with Crippen LogP contribution in [0.4, 0.5) is 15.8 Å². The SMILES string of the molecule is Nc1cc(F)c(Br)cc1NCCCn1cccn1. The Morgan fingerprint density at radius 2 is 2.28 bits per heavy atom. The van der Waals surface area contributed by atoms with E-state index in [1.165, 1.54) is 6.07 Å². The molecule has 2 aromatic rings. The third kappa shape index (κ3) is 3.22. The average molecular weight is 313 g/mol. The summed E-state index contributed by atoms with van der Waals surface area (Å²) in [6.07, 6.45) is 4.58. The predicted octanol–water partition coefficient (Wildman–Crippen LogP) is 2.87. The van der Waals surface area contributed by atoms with Crippen LogP contribution in [0.5, 0.6) is 0 Å². The number of rotatable bonds is 5. The van der Waals surface area contributed by atoms with E-state index in [0.717, 1.165) is 25.2 Å². The van der Waals surface area contributed by atoms with Crippen LogP contribution in [0.1, 0.15) is 6.42 Å². The van der Waals surface area contributed by atoms with Crippen LogP contribution in [-0.2, 0) is 6.54 Å². The first-order valence-corrected chi connectivity index (χ1v) is 6.42. The van der Waals surface area contributed by atoms with Gasteiger partial charge in [0.2, 0.25) is 0 Å². The molecule has 0 bridgehead atoms. The summed E-state index contributed by atoms with van der Waals surface area (Å²) in [5, 5.41) is 7.29. The first-order chi connectivity index (χ1) is 8.66. The molecule has 3 N–H and O–H groups in total. The minimum absolute atomic E-state index is 0.352. The van der Waals surface area contributed by atoms with Crippen molar-refractivity contribution in [3.63, 3.8) is 0 Å². The summed E-state index contributed by atoms with van der Waals surface area (Å²) in [6, 6.07) is 4.85. The molecule has 1 aromatic heterocycles. The molecule has 0 aliphatic rings. The molecule has 18 heavy (non-hydrogen) atoms. The zero-order valence-electron chi connectivity index (χ0n) is 9.74. The number of nitrogen functional groups attached to an aromatic ring is 1. The van der Waals surface area contributed by atoms with Crippen molar-refractivity contribution in [3.05, 3.63) is 40.9 Å². The highest BCUT2D eigenvalue weighted by atomic mass is 79.9. The lowest BCUT2D eigenvalue weighted by atomic mass is 10.2. The van der Waals surface area contributed by atoms with Gasteiger partial charge in [0, 0.05) is 31.5 Å². The molecule has 0 radical (unpaired) electrons. The van der Waals surface area contributed by atoms with E-state index in [9.17, 15) is 4.39 Å². The van der Waals surface area contributed by atoms with E-state index in [4.69, 9.17) is 5.73 Å². The largest absolute Gasteiger partial charge is 0.397 e. The summed E-state index contributed by atoms with van der Waals surface area (Å²) < 4.78 is 15.4. The lowest BCUT2D eigenvalue weighted by molar-refractivity contribution is 0.591. The fraction of sp³-hybridized carbons (Fsp3) is 0.250. The van der Waals surface area contributed by atoms with Crippen molar-refractivity contribution in [3.8, 4) is 0 Å². The van der Waals surface area contributed by atoms with E-state index < -0.39 is 0 Å². The molecular formula is C12H14BrFN4. The Labute approximate surface area is 113 Å². The van der Waals surface area contributed by atoms with Crippen LogP contribution in [0.2, 0.25) is 0 Å². The maximum atomic E-state index is 13.2. The van der Waals surface area contributed by atoms with Gasteiger partial charge in [-0.2, -0.15) is 5.10 Å². The summed E-state index contributed by atoms with van der Waals surface area (Å²) in [5.41, 5.74) is 6.88. The Hall–Kier alpha value is -1.56. The maximum absolute atomic E-state index is 13.2. The Morgan fingerprint density at radius 3 is 3.00 bits per heavy atom. The van der Waals surface area contributed by atoms with Gasteiger partial charge in [0.25, 0.3) is 0 Å². The first kappa shape index (κ1) is 12.9. The highest BCUT2D eigenvalue weighted by Gasteiger charge is 2.05. The van der Waals surface area contributed by atoms with Crippen molar-refractivity contribution in [2.24, 2.45) is 0 Å². The molecule has 2 rings (SSSR count). The van der Waals surface area contributed by atoms with Crippen LogP contribution in [0.15, 0.2) is 35.1 Å². The number of aromatic nitrogens is 2. The topological polar surface area (TPSA) is 55.9 Å². The van der Waals surface area contributed by atoms with E-state index in [1.807, 2.05) is 16.9 Å². The van der Waals surface area contributed by atoms with Crippen molar-refractivity contribution in [1.82, 2.24) is 9.78 Å². The molecular weight excluding hydrogens is 299 g/mol. The van der Waals surface area contributed by atoms with Crippen molar-refractivity contribution in [1.29, 1.82) is 0 Å². The molecule has 6 heteroatoms. The van der Waals surface area contributed by atoms with Crippen molar-refractivity contribution >= 4 is 27.3 Å². The van der Waals surface area contributed by atoms with E-state index in [2.05, 4.69) is 26.3 Å². The van der Waals surface area contributed by atoms with Gasteiger partial charge in [-0.15, -0.1) is 0 Å². The second-order valence-electron chi connectivity index (χ2n) is 3.90. The fourth-order valence-electron chi connectivity index (χ4n) is 1.61. The summed E-state index contributed by atoms with van der Waals surface area (Å²) in [6.45, 7) is 1.59. The Balaban J connectivity index is 1.85. The molecule has 0 aliphatic heterocycles. The molecule has 0 aliphatic carbocycles. The molecule has 0 atom stereocenters. The average Bonchev–Trinajstić information content (AvgIpc) is 2.84. The quantitative estimate of drug-likeness (QED) is 0.659. The van der Waals surface area contributed by atoms with Gasteiger partial charge in [0.1, 0.15) is 5.82 Å². The zero-order chi connectivity index (χ0) is 13.0. The molecule has 0 unspecified atom stereocenters. The van der Waals surface area contributed by atoms with Crippen LogP contribution < -0.4 is 11.1 Å². The highest BCUT2D eigenvalue weighted by molar-refractivity contribution is 9.10. The van der Waals surface area contributed by atoms with Crippen LogP contribution in [0.3, 0.4) is 0 Å². The van der Waals surface area contributed by atoms with E-state index in [0.29, 0.717) is 10.2 Å². The Kier molecular flexibility index (Phi) is 4.19. The van der Waals surface area contributed by atoms with Crippen molar-refractivity contribution in [2.75, 3.05) is 17.6 Å². The third-order valence-corrected chi connectivity index (χ3v) is 3.14. The number of hydrogen-bond acceptors (Lipinski definition) is 3. The molecule has 0 spiro atoms. The lowest BCUT2D eigenvalue weighted by Gasteiger charge is -2.10. The van der Waals surface area contributed by atoms with Gasteiger partial charge in [-0.3, -0.25) is 4.68 Å². The van der Waals surface area contributed by atoms with Crippen LogP contribution >= 0.6 is 15.9 Å². The molecule has 96 valence electrons. The summed E-state index contributed by atoms with van der Waals surface area (Å²) in [7, 11) is 0. The van der Waals surface area contributed by atoms with Crippen molar-refractivity contribution < 1.29 is 4.39 Å². The first-order valence-electron chi connectivity index (χ1n) is 5.62. The number of nitrogens with zero attached hydrogens (tertiary/aromatic N) is 2. The van der Waals surface area contributed by atoms with Gasteiger partial charge >= 0.3 is 0 Å². The molecule has 0 fully saturated rings. The summed E-state index contributed by atoms with van der Waals surface area (Å²) >= 11 is 3.14. The second-order valence-corrected chi connectivity index (χ2v) is 4.76. The summed E-state index contributed by atoms with van der Waals surface area (Å²) in [5.74, 6) is -0.352. The number of nitrogens with one attached hydrogen (secondary N) is 1. The van der Waals surface area contributed by atoms with Gasteiger partial charge in [-0.05, 0) is 34.5 Å². The number of hydrogen-bond donors (Lipinski definition) is 2. The minimum Gasteiger partial charge on any atom is -0.397 e. The van der Waals surface area contributed by atoms with Crippen LogP contribution in [0, 0.1) is 5.82 Å². The standard InChI is InChI=1S/C12H14BrFN4/c13-9-7-12(11(15)8-10(9)14)16-3-1-5-18-6-2-4-17-18/h2,4,6-8,16H,1,3,5,15H2. The highest BCUT2D eigenvalue weighted by Crippen LogP contribution is 2.26. The molecule has 1 heterocycles. The lowest BCUT2D eigenvalue weighted by Crippen LogP contribution is -2.08. The van der Waals surface area contributed by atoms with Gasteiger partial charge in [-0.25, -0.2) is 4.39 Å². The monoisotopic (exact) mass is 312 g/mol. The Morgan fingerprint density at radius 1 is 1.44 bits per heavy atom. The van der Waals surface area contributed by atoms with Crippen LogP contribution in [-0.4, -0.2) is 16.3 Å². The molecule has 1 aromatic carbocycles. The zero-order valence-corrected chi connectivity index (χ0v) is 11.3. The van der Waals surface area contributed by atoms with E-state index in [-0.39, 0.29) is 5.82 Å². The number of nitrogens with two attached hydrogens (primary N) is 1. The smallest absolute Gasteiger partial charge is 0.139 e. The fourth-order valence-corrected chi connectivity index (χ4v) is 1.96. The molecule has 0 saturated carbocycles. The summed E-state index contributed by atoms with van der Waals surface area (Å²) in [4.78, 5) is 0. The minimum atomic E-state index is -0.352. The van der Waals surface area contributed by atoms with Gasteiger partial charge < -0.3 is 11.1 Å². The number of aryl methyl sites for hydroxylation is 1. The number of halogens is 2. The normalized spacial score (nSPS) is 10.6. The van der Waals surface area contributed by atoms with Gasteiger partial charge in [0.05, 0.1) is 15.8 Å². The molecule has 0 amide bonds. The second kappa shape index (κ2) is 5.86. The molecule has 0 saturated heterocycles. The van der Waals surface area contributed by atoms with Crippen LogP contribution in [0.25, 0.3) is 0 Å².